The molecule has 0 saturated carbocycles. The molecule has 8 aromatic rings. The molecular formula is C52H48F2N6O7S2. The number of hydrogen-bond donors (Lipinski definition) is 0. The summed E-state index contributed by atoms with van der Waals surface area (Å²) in [7, 11) is 1.58. The summed E-state index contributed by atoms with van der Waals surface area (Å²) in [5.74, 6) is 1.39. The smallest absolute Gasteiger partial charge is 0.275 e. The maximum absolute atomic E-state index is 13.3. The Morgan fingerprint density at radius 3 is 1.61 bits per heavy atom. The zero-order chi connectivity index (χ0) is 47.1. The third-order valence-electron chi connectivity index (χ3n) is 13.1. The van der Waals surface area contributed by atoms with E-state index >= 15 is 0 Å². The molecule has 0 amide bonds. The summed E-state index contributed by atoms with van der Waals surface area (Å²) in [6, 6.07) is 29.1. The number of thiophene rings is 2. The highest BCUT2D eigenvalue weighted by molar-refractivity contribution is 7.22. The summed E-state index contributed by atoms with van der Waals surface area (Å²) in [5.41, 5.74) is 4.89. The Balaban J connectivity index is 0.000000151. The van der Waals surface area contributed by atoms with Gasteiger partial charge in [0, 0.05) is 65.9 Å². The number of hydrogen-bond acceptors (Lipinski definition) is 13. The van der Waals surface area contributed by atoms with Crippen LogP contribution in [0.1, 0.15) is 6.42 Å². The van der Waals surface area contributed by atoms with Gasteiger partial charge in [-0.3, -0.25) is 23.6 Å². The summed E-state index contributed by atoms with van der Waals surface area (Å²) in [6.07, 6.45) is 4.05. The molecule has 4 aliphatic rings. The van der Waals surface area contributed by atoms with Crippen molar-refractivity contribution in [1.82, 2.24) is 28.9 Å². The quantitative estimate of drug-likeness (QED) is 0.0979. The van der Waals surface area contributed by atoms with Gasteiger partial charge in [0.05, 0.1) is 62.6 Å². The van der Waals surface area contributed by atoms with E-state index in [4.69, 9.17) is 23.7 Å². The Bertz CT molecular complexity index is 3240. The van der Waals surface area contributed by atoms with Gasteiger partial charge >= 0.3 is 0 Å². The van der Waals surface area contributed by atoms with Crippen LogP contribution in [-0.4, -0.2) is 115 Å². The molecule has 17 heteroatoms. The van der Waals surface area contributed by atoms with Crippen molar-refractivity contribution in [2.75, 3.05) is 86.0 Å². The van der Waals surface area contributed by atoms with E-state index in [1.807, 2.05) is 48.5 Å². The number of methoxy groups -OCH3 is 1. The lowest BCUT2D eigenvalue weighted by atomic mass is 9.78. The topological polar surface area (TPSA) is 122 Å². The highest BCUT2D eigenvalue weighted by Crippen LogP contribution is 2.39. The second-order valence-electron chi connectivity index (χ2n) is 18.3. The van der Waals surface area contributed by atoms with Crippen molar-refractivity contribution in [3.05, 3.63) is 148 Å². The summed E-state index contributed by atoms with van der Waals surface area (Å²) in [4.78, 5) is 41.9. The summed E-state index contributed by atoms with van der Waals surface area (Å²) >= 11 is 2.71. The minimum atomic E-state index is -0.297. The van der Waals surface area contributed by atoms with Crippen LogP contribution >= 0.6 is 22.7 Å². The number of rotatable bonds is 14. The van der Waals surface area contributed by atoms with Crippen molar-refractivity contribution in [2.24, 2.45) is 10.8 Å². The predicted molar refractivity (Wildman–Crippen MR) is 263 cm³/mol. The molecule has 354 valence electrons. The maximum atomic E-state index is 13.3. The number of halogens is 2. The van der Waals surface area contributed by atoms with Crippen molar-refractivity contribution in [3.63, 3.8) is 0 Å². The molecule has 4 fully saturated rings. The van der Waals surface area contributed by atoms with Gasteiger partial charge in [-0.1, -0.05) is 24.3 Å². The molecule has 0 aliphatic carbocycles. The van der Waals surface area contributed by atoms with Gasteiger partial charge < -0.3 is 28.6 Å². The van der Waals surface area contributed by atoms with E-state index in [0.717, 1.165) is 104 Å². The Morgan fingerprint density at radius 2 is 1.10 bits per heavy atom. The van der Waals surface area contributed by atoms with Crippen LogP contribution in [0.5, 0.6) is 17.2 Å². The largest absolute Gasteiger partial charge is 0.494 e. The van der Waals surface area contributed by atoms with Crippen LogP contribution in [0, 0.1) is 22.5 Å². The number of nitrogens with zero attached hydrogens (tertiary/aromatic N) is 6. The molecule has 4 aromatic carbocycles. The van der Waals surface area contributed by atoms with Crippen LogP contribution in [0.15, 0.2) is 125 Å². The number of benzene rings is 4. The summed E-state index contributed by atoms with van der Waals surface area (Å²) in [6.45, 7) is 11.1. The molecule has 2 spiro atoms. The fourth-order valence-corrected chi connectivity index (χ4v) is 11.5. The van der Waals surface area contributed by atoms with Gasteiger partial charge in [-0.15, -0.1) is 22.7 Å². The van der Waals surface area contributed by atoms with Gasteiger partial charge in [-0.2, -0.15) is 0 Å². The van der Waals surface area contributed by atoms with Crippen molar-refractivity contribution in [1.29, 1.82) is 0 Å². The highest BCUT2D eigenvalue weighted by Gasteiger charge is 2.49. The number of aromatic nitrogens is 4. The lowest BCUT2D eigenvalue weighted by molar-refractivity contribution is -0.189. The van der Waals surface area contributed by atoms with Crippen LogP contribution in [0.2, 0.25) is 0 Å². The van der Waals surface area contributed by atoms with Gasteiger partial charge in [0.25, 0.3) is 11.1 Å². The maximum Gasteiger partial charge on any atom is 0.275 e. The van der Waals surface area contributed by atoms with Crippen LogP contribution in [0.4, 0.5) is 8.78 Å². The predicted octanol–water partition coefficient (Wildman–Crippen LogP) is 8.33. The molecule has 0 radical (unpaired) electrons. The third kappa shape index (κ3) is 9.29. The molecule has 0 unspecified atom stereocenters. The van der Waals surface area contributed by atoms with Gasteiger partial charge in [0.2, 0.25) is 0 Å². The highest BCUT2D eigenvalue weighted by atomic mass is 32.1. The van der Waals surface area contributed by atoms with Crippen molar-refractivity contribution in [3.8, 4) is 49.5 Å². The monoisotopic (exact) mass is 970 g/mol. The minimum absolute atomic E-state index is 0.124. The van der Waals surface area contributed by atoms with Crippen molar-refractivity contribution < 1.29 is 32.5 Å². The fraction of sp³-hybridized carbons (Fsp3) is 0.308. The van der Waals surface area contributed by atoms with Crippen molar-refractivity contribution in [2.45, 2.75) is 6.42 Å². The first-order valence-electron chi connectivity index (χ1n) is 22.8. The number of ether oxygens (including phenoxy) is 5. The second kappa shape index (κ2) is 18.9. The molecule has 4 aliphatic heterocycles. The zero-order valence-corrected chi connectivity index (χ0v) is 39.4. The minimum Gasteiger partial charge on any atom is -0.494 e. The molecule has 0 N–H and O–H groups in total. The summed E-state index contributed by atoms with van der Waals surface area (Å²) < 4.78 is 58.7. The van der Waals surface area contributed by atoms with Gasteiger partial charge in [-0.25, -0.2) is 18.7 Å². The number of likely N-dealkylation sites (tertiary alicyclic amines) is 2. The summed E-state index contributed by atoms with van der Waals surface area (Å²) in [5, 5.41) is 0. The second-order valence-corrected chi connectivity index (χ2v) is 20.4. The zero-order valence-electron chi connectivity index (χ0n) is 37.8. The fourth-order valence-electron chi connectivity index (χ4n) is 9.36. The SMILES string of the molecule is COc1cc(-n2cnc3cc(-c4ccc(F)cc4)sc3c2=O)ccc1OCCN1CC2(COC2)C1.O=c1c2sc(-c3ccc(F)cc3)cc2ncn1-c1ccc(OCCCN2CC3(COC3)C2)cc1. The van der Waals surface area contributed by atoms with Crippen molar-refractivity contribution >= 4 is 43.1 Å². The van der Waals surface area contributed by atoms with E-state index in [0.29, 0.717) is 61.7 Å². The molecule has 4 saturated heterocycles. The lowest BCUT2D eigenvalue weighted by Gasteiger charge is -2.55. The molecule has 8 heterocycles. The average molecular weight is 971 g/mol. The van der Waals surface area contributed by atoms with Gasteiger partial charge in [0.1, 0.15) is 46.0 Å². The Labute approximate surface area is 403 Å². The Kier molecular flexibility index (Phi) is 12.3. The van der Waals surface area contributed by atoms with E-state index in [9.17, 15) is 18.4 Å². The first kappa shape index (κ1) is 45.1. The molecule has 69 heavy (non-hydrogen) atoms. The van der Waals surface area contributed by atoms with Crippen LogP contribution in [-0.2, 0) is 9.47 Å². The lowest BCUT2D eigenvalue weighted by Crippen LogP contribution is -2.66. The van der Waals surface area contributed by atoms with Crippen LogP contribution in [0.3, 0.4) is 0 Å². The molecular weight excluding hydrogens is 923 g/mol. The van der Waals surface area contributed by atoms with E-state index in [2.05, 4.69) is 19.8 Å². The standard InChI is InChI=1S/C26H24FN3O4S.C26H24FN3O3S/c1-32-22-10-19(6-7-21(22)34-9-8-29-12-26(13-29)14-33-15-26)30-16-28-20-11-23(35-24(20)25(30)31)17-2-4-18(27)5-3-17;27-19-4-2-18(3-5-19)23-12-22-24(34-23)25(31)30(17-28-22)20-6-8-21(9-7-20)33-11-1-10-29-13-26(14-29)15-32-16-26/h2-7,10-11,16H,8-9,12-15H2,1H3;2-9,12,17H,1,10-11,13-16H2. The van der Waals surface area contributed by atoms with Gasteiger partial charge in [0.15, 0.2) is 11.5 Å². The molecule has 0 bridgehead atoms. The third-order valence-corrected chi connectivity index (χ3v) is 15.4. The van der Waals surface area contributed by atoms with E-state index in [1.54, 1.807) is 48.3 Å². The Hall–Kier alpha value is -6.34. The average Bonchev–Trinajstić information content (AvgIpc) is 3.96. The van der Waals surface area contributed by atoms with Crippen LogP contribution < -0.4 is 25.3 Å². The normalized spacial score (nSPS) is 16.9. The molecule has 13 nitrogen and oxygen atoms in total. The van der Waals surface area contributed by atoms with E-state index in [-0.39, 0.29) is 22.8 Å². The van der Waals surface area contributed by atoms with E-state index in [1.165, 1.54) is 57.8 Å². The Morgan fingerprint density at radius 1 is 0.594 bits per heavy atom. The first-order chi connectivity index (χ1) is 33.6. The molecule has 0 atom stereocenters. The molecule has 12 rings (SSSR count). The first-order valence-corrected chi connectivity index (χ1v) is 24.4. The van der Waals surface area contributed by atoms with E-state index < -0.39 is 0 Å². The van der Waals surface area contributed by atoms with Gasteiger partial charge in [-0.05, 0) is 90.3 Å². The number of fused-ring (bicyclic) bond motifs is 2. The van der Waals surface area contributed by atoms with Crippen LogP contribution in [0.25, 0.3) is 52.7 Å². The molecule has 4 aromatic heterocycles.